The monoisotopic (exact) mass is 210 g/mol. The van der Waals surface area contributed by atoms with Gasteiger partial charge in [0.2, 0.25) is 5.91 Å². The molecule has 0 heterocycles. The fraction of sp³-hybridized carbons (Fsp3) is 0.917. The molecule has 2 aliphatic rings. The Morgan fingerprint density at radius 2 is 1.93 bits per heavy atom. The highest BCUT2D eigenvalue weighted by Gasteiger charge is 2.38. The number of hydrogen-bond acceptors (Lipinski definition) is 2. The van der Waals surface area contributed by atoms with Gasteiger partial charge in [0.05, 0.1) is 5.54 Å². The molecule has 2 saturated carbocycles. The highest BCUT2D eigenvalue weighted by atomic mass is 16.2. The molecule has 0 saturated heterocycles. The second-order valence-electron chi connectivity index (χ2n) is 5.32. The van der Waals surface area contributed by atoms with Crippen molar-refractivity contribution in [2.45, 2.75) is 63.5 Å². The van der Waals surface area contributed by atoms with Crippen LogP contribution in [0.4, 0.5) is 0 Å². The van der Waals surface area contributed by atoms with Crippen LogP contribution in [-0.4, -0.2) is 17.5 Å². The van der Waals surface area contributed by atoms with E-state index in [1.807, 2.05) is 0 Å². The molecule has 1 unspecified atom stereocenters. The lowest BCUT2D eigenvalue weighted by molar-refractivity contribution is -0.127. The highest BCUT2D eigenvalue weighted by Crippen LogP contribution is 2.31. The lowest BCUT2D eigenvalue weighted by Gasteiger charge is -2.34. The Balaban J connectivity index is 1.85. The minimum atomic E-state index is -0.558. The summed E-state index contributed by atoms with van der Waals surface area (Å²) in [7, 11) is 0. The maximum Gasteiger partial charge on any atom is 0.240 e. The standard InChI is InChI=1S/C12H22N2O/c1-9(10-5-4-6-10)14-11(15)12(13)7-2-3-8-12/h9-10H,2-8,13H2,1H3,(H,14,15). The van der Waals surface area contributed by atoms with Gasteiger partial charge in [-0.1, -0.05) is 19.3 Å². The van der Waals surface area contributed by atoms with Crippen LogP contribution in [0, 0.1) is 5.92 Å². The van der Waals surface area contributed by atoms with Crippen molar-refractivity contribution in [1.82, 2.24) is 5.32 Å². The maximum absolute atomic E-state index is 12.0. The van der Waals surface area contributed by atoms with Crippen molar-refractivity contribution in [3.63, 3.8) is 0 Å². The fourth-order valence-electron chi connectivity index (χ4n) is 2.64. The van der Waals surface area contributed by atoms with Crippen molar-refractivity contribution < 1.29 is 4.79 Å². The van der Waals surface area contributed by atoms with E-state index in [1.165, 1.54) is 19.3 Å². The van der Waals surface area contributed by atoms with Gasteiger partial charge in [-0.15, -0.1) is 0 Å². The molecule has 0 aliphatic heterocycles. The molecule has 2 fully saturated rings. The van der Waals surface area contributed by atoms with Gasteiger partial charge in [0.15, 0.2) is 0 Å². The van der Waals surface area contributed by atoms with Crippen molar-refractivity contribution in [1.29, 1.82) is 0 Å². The van der Waals surface area contributed by atoms with Gasteiger partial charge in [0, 0.05) is 6.04 Å². The molecule has 0 aromatic rings. The van der Waals surface area contributed by atoms with Crippen LogP contribution in [0.1, 0.15) is 51.9 Å². The molecule has 1 amide bonds. The second kappa shape index (κ2) is 4.12. The van der Waals surface area contributed by atoms with E-state index in [2.05, 4.69) is 12.2 Å². The van der Waals surface area contributed by atoms with Crippen LogP contribution in [0.2, 0.25) is 0 Å². The van der Waals surface area contributed by atoms with E-state index in [1.54, 1.807) is 0 Å². The van der Waals surface area contributed by atoms with Gasteiger partial charge in [-0.2, -0.15) is 0 Å². The van der Waals surface area contributed by atoms with Crippen molar-refractivity contribution in [3.05, 3.63) is 0 Å². The maximum atomic E-state index is 12.0. The summed E-state index contributed by atoms with van der Waals surface area (Å²) in [6, 6.07) is 0.312. The van der Waals surface area contributed by atoms with Gasteiger partial charge >= 0.3 is 0 Å². The Kier molecular flexibility index (Phi) is 3.01. The third kappa shape index (κ3) is 2.17. The zero-order chi connectivity index (χ0) is 10.9. The van der Waals surface area contributed by atoms with Crippen LogP contribution in [0.3, 0.4) is 0 Å². The third-order valence-corrected chi connectivity index (χ3v) is 4.16. The molecule has 15 heavy (non-hydrogen) atoms. The van der Waals surface area contributed by atoms with Gasteiger partial charge < -0.3 is 11.1 Å². The first-order chi connectivity index (χ1) is 7.12. The molecule has 1 atom stereocenters. The predicted molar refractivity (Wildman–Crippen MR) is 60.3 cm³/mol. The van der Waals surface area contributed by atoms with E-state index in [-0.39, 0.29) is 5.91 Å². The number of rotatable bonds is 3. The summed E-state index contributed by atoms with van der Waals surface area (Å²) >= 11 is 0. The van der Waals surface area contributed by atoms with Crippen LogP contribution >= 0.6 is 0 Å². The molecule has 3 N–H and O–H groups in total. The summed E-state index contributed by atoms with van der Waals surface area (Å²) in [5.41, 5.74) is 5.54. The summed E-state index contributed by atoms with van der Waals surface area (Å²) in [4.78, 5) is 12.0. The lowest BCUT2D eigenvalue weighted by atomic mass is 9.80. The van der Waals surface area contributed by atoms with E-state index in [4.69, 9.17) is 5.73 Å². The Hall–Kier alpha value is -0.570. The zero-order valence-electron chi connectivity index (χ0n) is 9.59. The molecule has 3 heteroatoms. The van der Waals surface area contributed by atoms with Crippen molar-refractivity contribution >= 4 is 5.91 Å². The number of carbonyl (C=O) groups is 1. The average molecular weight is 210 g/mol. The Labute approximate surface area is 91.8 Å². The Morgan fingerprint density at radius 1 is 1.33 bits per heavy atom. The van der Waals surface area contributed by atoms with Crippen molar-refractivity contribution in [3.8, 4) is 0 Å². The van der Waals surface area contributed by atoms with Gasteiger partial charge in [-0.25, -0.2) is 0 Å². The molecule has 0 radical (unpaired) electrons. The Bertz CT molecular complexity index is 242. The quantitative estimate of drug-likeness (QED) is 0.742. The van der Waals surface area contributed by atoms with E-state index in [0.717, 1.165) is 25.7 Å². The summed E-state index contributed by atoms with van der Waals surface area (Å²) in [5, 5.41) is 3.10. The van der Waals surface area contributed by atoms with Gasteiger partial charge in [-0.05, 0) is 38.5 Å². The fourth-order valence-corrected chi connectivity index (χ4v) is 2.64. The largest absolute Gasteiger partial charge is 0.352 e. The summed E-state index contributed by atoms with van der Waals surface area (Å²) in [5.74, 6) is 0.776. The van der Waals surface area contributed by atoms with E-state index in [0.29, 0.717) is 12.0 Å². The van der Waals surface area contributed by atoms with Gasteiger partial charge in [0.1, 0.15) is 0 Å². The molecule has 3 nitrogen and oxygen atoms in total. The summed E-state index contributed by atoms with van der Waals surface area (Å²) in [6.07, 6.45) is 7.76. The Morgan fingerprint density at radius 3 is 2.40 bits per heavy atom. The first-order valence-corrected chi connectivity index (χ1v) is 6.22. The molecule has 2 rings (SSSR count). The van der Waals surface area contributed by atoms with Crippen LogP contribution in [0.5, 0.6) is 0 Å². The molecule has 0 aromatic carbocycles. The SMILES string of the molecule is CC(NC(=O)C1(N)CCCC1)C1CCC1. The van der Waals surface area contributed by atoms with E-state index < -0.39 is 5.54 Å². The third-order valence-electron chi connectivity index (χ3n) is 4.16. The van der Waals surface area contributed by atoms with Crippen LogP contribution in [-0.2, 0) is 4.79 Å². The molecule has 2 aliphatic carbocycles. The predicted octanol–water partition coefficient (Wildman–Crippen LogP) is 1.56. The smallest absolute Gasteiger partial charge is 0.240 e. The van der Waals surface area contributed by atoms with Crippen LogP contribution < -0.4 is 11.1 Å². The number of nitrogens with two attached hydrogens (primary N) is 1. The van der Waals surface area contributed by atoms with Gasteiger partial charge in [0.25, 0.3) is 0 Å². The number of nitrogens with one attached hydrogen (secondary N) is 1. The van der Waals surface area contributed by atoms with E-state index >= 15 is 0 Å². The molecular weight excluding hydrogens is 188 g/mol. The minimum absolute atomic E-state index is 0.0828. The summed E-state index contributed by atoms with van der Waals surface area (Å²) < 4.78 is 0. The second-order valence-corrected chi connectivity index (χ2v) is 5.32. The first-order valence-electron chi connectivity index (χ1n) is 6.22. The number of hydrogen-bond donors (Lipinski definition) is 2. The van der Waals surface area contributed by atoms with Crippen molar-refractivity contribution in [2.24, 2.45) is 11.7 Å². The highest BCUT2D eigenvalue weighted by molar-refractivity contribution is 5.86. The summed E-state index contributed by atoms with van der Waals surface area (Å²) in [6.45, 7) is 2.11. The molecule has 0 bridgehead atoms. The van der Waals surface area contributed by atoms with Crippen molar-refractivity contribution in [2.75, 3.05) is 0 Å². The number of amides is 1. The minimum Gasteiger partial charge on any atom is -0.352 e. The van der Waals surface area contributed by atoms with Crippen LogP contribution in [0.25, 0.3) is 0 Å². The first kappa shape index (κ1) is 10.9. The zero-order valence-corrected chi connectivity index (χ0v) is 9.59. The number of carbonyl (C=O) groups excluding carboxylic acids is 1. The van der Waals surface area contributed by atoms with Crippen LogP contribution in [0.15, 0.2) is 0 Å². The molecule has 0 spiro atoms. The average Bonchev–Trinajstić information content (AvgIpc) is 2.50. The van der Waals surface area contributed by atoms with Gasteiger partial charge in [-0.3, -0.25) is 4.79 Å². The molecular formula is C12H22N2O. The molecule has 0 aromatic heterocycles. The lowest BCUT2D eigenvalue weighted by Crippen LogP contribution is -2.55. The molecule has 86 valence electrons. The topological polar surface area (TPSA) is 55.1 Å². The van der Waals surface area contributed by atoms with E-state index in [9.17, 15) is 4.79 Å². The normalized spacial score (nSPS) is 27.1.